The highest BCUT2D eigenvalue weighted by Gasteiger charge is 2.19. The maximum Gasteiger partial charge on any atom is 0.335 e. The first-order chi connectivity index (χ1) is 14.1. The van der Waals surface area contributed by atoms with Crippen LogP contribution in [-0.4, -0.2) is 50.6 Å². The number of benzene rings is 1. The molecule has 1 atom stereocenters. The summed E-state index contributed by atoms with van der Waals surface area (Å²) in [4.78, 5) is 32.4. The Balaban J connectivity index is 1.50. The average molecular weight is 393 g/mol. The molecule has 3 aromatic rings. The van der Waals surface area contributed by atoms with Crippen molar-refractivity contribution in [3.8, 4) is 5.69 Å². The first-order valence-corrected chi connectivity index (χ1v) is 10.3. The lowest BCUT2D eigenvalue weighted by Crippen LogP contribution is -2.43. The maximum atomic E-state index is 13.1. The van der Waals surface area contributed by atoms with Gasteiger partial charge in [0.15, 0.2) is 5.65 Å². The Morgan fingerprint density at radius 3 is 2.79 bits per heavy atom. The average Bonchev–Trinajstić information content (AvgIpc) is 3.02. The van der Waals surface area contributed by atoms with E-state index in [9.17, 15) is 9.59 Å². The Bertz CT molecular complexity index is 1040. The molecule has 1 saturated heterocycles. The fourth-order valence-electron chi connectivity index (χ4n) is 4.08. The number of nitrogens with zero attached hydrogens (tertiary/aromatic N) is 4. The second-order valence-corrected chi connectivity index (χ2v) is 7.62. The quantitative estimate of drug-likeness (QED) is 0.697. The van der Waals surface area contributed by atoms with E-state index in [4.69, 9.17) is 0 Å². The van der Waals surface area contributed by atoms with Gasteiger partial charge >= 0.3 is 5.69 Å². The number of carbonyl (C=O) groups excluding carboxylic acids is 1. The number of rotatable bonds is 6. The molecule has 0 unspecified atom stereocenters. The van der Waals surface area contributed by atoms with Crippen molar-refractivity contribution in [3.63, 3.8) is 0 Å². The molecule has 1 N–H and O–H groups in total. The monoisotopic (exact) mass is 393 g/mol. The fraction of sp³-hybridized carbons (Fsp3) is 0.409. The summed E-state index contributed by atoms with van der Waals surface area (Å²) in [5, 5.41) is 2.97. The number of piperidine rings is 1. The molecule has 7 heteroatoms. The Labute approximate surface area is 170 Å². The minimum Gasteiger partial charge on any atom is -0.353 e. The van der Waals surface area contributed by atoms with E-state index in [1.807, 2.05) is 36.4 Å². The van der Waals surface area contributed by atoms with Crippen molar-refractivity contribution in [2.45, 2.75) is 38.8 Å². The van der Waals surface area contributed by atoms with Crippen LogP contribution in [0, 0.1) is 0 Å². The zero-order valence-corrected chi connectivity index (χ0v) is 16.8. The maximum absolute atomic E-state index is 13.1. The SMILES string of the molecule is C[C@@H]1CCCCN1CCNC(=O)Cn1c(=O)n(-c2ccccc2)c2ncccc21. The molecule has 4 rings (SSSR count). The number of pyridine rings is 1. The van der Waals surface area contributed by atoms with Crippen molar-refractivity contribution in [1.82, 2.24) is 24.3 Å². The number of imidazole rings is 1. The lowest BCUT2D eigenvalue weighted by Gasteiger charge is -2.33. The summed E-state index contributed by atoms with van der Waals surface area (Å²) >= 11 is 0. The molecule has 1 aliphatic heterocycles. The van der Waals surface area contributed by atoms with E-state index in [0.29, 0.717) is 23.8 Å². The predicted octanol–water partition coefficient (Wildman–Crippen LogP) is 2.18. The number of likely N-dealkylation sites (tertiary alicyclic amines) is 1. The number of aromatic nitrogens is 3. The van der Waals surface area contributed by atoms with Crippen LogP contribution in [0.4, 0.5) is 0 Å². The fourth-order valence-corrected chi connectivity index (χ4v) is 4.08. The van der Waals surface area contributed by atoms with Crippen LogP contribution in [0.25, 0.3) is 16.9 Å². The number of hydrogen-bond donors (Lipinski definition) is 1. The van der Waals surface area contributed by atoms with Crippen LogP contribution in [0.2, 0.25) is 0 Å². The van der Waals surface area contributed by atoms with Gasteiger partial charge in [-0.25, -0.2) is 14.3 Å². The standard InChI is InChI=1S/C22H27N5O2/c1-17-8-5-6-14-25(17)15-13-23-20(28)16-26-19-11-7-12-24-21(19)27(22(26)29)18-9-3-2-4-10-18/h2-4,7,9-12,17H,5-6,8,13-16H2,1H3,(H,23,28)/t17-/m1/s1. The van der Waals surface area contributed by atoms with Crippen LogP contribution in [0.15, 0.2) is 53.5 Å². The molecule has 7 nitrogen and oxygen atoms in total. The third-order valence-electron chi connectivity index (χ3n) is 5.67. The van der Waals surface area contributed by atoms with Gasteiger partial charge in [-0.3, -0.25) is 14.3 Å². The summed E-state index contributed by atoms with van der Waals surface area (Å²) in [5.41, 5.74) is 1.68. The summed E-state index contributed by atoms with van der Waals surface area (Å²) in [6.07, 6.45) is 5.38. The molecule has 1 fully saturated rings. The van der Waals surface area contributed by atoms with Gasteiger partial charge < -0.3 is 5.32 Å². The van der Waals surface area contributed by atoms with Crippen molar-refractivity contribution >= 4 is 17.1 Å². The summed E-state index contributed by atoms with van der Waals surface area (Å²) in [6.45, 7) is 4.75. The second kappa shape index (κ2) is 8.61. The number of para-hydroxylation sites is 1. The predicted molar refractivity (Wildman–Crippen MR) is 113 cm³/mol. The van der Waals surface area contributed by atoms with E-state index in [-0.39, 0.29) is 18.1 Å². The van der Waals surface area contributed by atoms with Gasteiger partial charge in [0.2, 0.25) is 5.91 Å². The van der Waals surface area contributed by atoms with Crippen LogP contribution in [0.5, 0.6) is 0 Å². The molecular weight excluding hydrogens is 366 g/mol. The number of carbonyl (C=O) groups is 1. The molecule has 1 aliphatic rings. The Morgan fingerprint density at radius 2 is 2.00 bits per heavy atom. The van der Waals surface area contributed by atoms with Gasteiger partial charge in [0.1, 0.15) is 6.54 Å². The zero-order chi connectivity index (χ0) is 20.2. The number of fused-ring (bicyclic) bond motifs is 1. The van der Waals surface area contributed by atoms with Gasteiger partial charge in [0.05, 0.1) is 11.2 Å². The van der Waals surface area contributed by atoms with Crippen LogP contribution in [0.3, 0.4) is 0 Å². The van der Waals surface area contributed by atoms with Crippen LogP contribution < -0.4 is 11.0 Å². The van der Waals surface area contributed by atoms with Crippen LogP contribution in [-0.2, 0) is 11.3 Å². The summed E-state index contributed by atoms with van der Waals surface area (Å²) in [7, 11) is 0. The van der Waals surface area contributed by atoms with Crippen molar-refractivity contribution < 1.29 is 4.79 Å². The first-order valence-electron chi connectivity index (χ1n) is 10.3. The molecule has 2 aromatic heterocycles. The van der Waals surface area contributed by atoms with Gasteiger partial charge in [0, 0.05) is 25.3 Å². The number of amides is 1. The highest BCUT2D eigenvalue weighted by atomic mass is 16.2. The van der Waals surface area contributed by atoms with Gasteiger partial charge in [-0.2, -0.15) is 0 Å². The van der Waals surface area contributed by atoms with Gasteiger partial charge in [0.25, 0.3) is 0 Å². The molecule has 1 aromatic carbocycles. The van der Waals surface area contributed by atoms with Gasteiger partial charge in [-0.05, 0) is 50.6 Å². The topological polar surface area (TPSA) is 72.2 Å². The molecular formula is C22H27N5O2. The number of hydrogen-bond acceptors (Lipinski definition) is 4. The normalized spacial score (nSPS) is 17.5. The highest BCUT2D eigenvalue weighted by molar-refractivity contribution is 5.80. The molecule has 0 spiro atoms. The molecule has 152 valence electrons. The van der Waals surface area contributed by atoms with Crippen molar-refractivity contribution in [3.05, 3.63) is 59.1 Å². The van der Waals surface area contributed by atoms with E-state index in [1.165, 1.54) is 23.8 Å². The third-order valence-corrected chi connectivity index (χ3v) is 5.67. The lowest BCUT2D eigenvalue weighted by molar-refractivity contribution is -0.121. The van der Waals surface area contributed by atoms with E-state index >= 15 is 0 Å². The second-order valence-electron chi connectivity index (χ2n) is 7.62. The van der Waals surface area contributed by atoms with E-state index in [0.717, 1.165) is 18.8 Å². The molecule has 29 heavy (non-hydrogen) atoms. The number of nitrogens with one attached hydrogen (secondary N) is 1. The Kier molecular flexibility index (Phi) is 5.76. The minimum atomic E-state index is -0.260. The summed E-state index contributed by atoms with van der Waals surface area (Å²) in [5.74, 6) is -0.160. The Morgan fingerprint density at radius 1 is 1.17 bits per heavy atom. The summed E-state index contributed by atoms with van der Waals surface area (Å²) < 4.78 is 3.05. The van der Waals surface area contributed by atoms with E-state index in [1.54, 1.807) is 16.8 Å². The third kappa shape index (κ3) is 4.10. The van der Waals surface area contributed by atoms with Crippen LogP contribution >= 0.6 is 0 Å². The first kappa shape index (κ1) is 19.4. The molecule has 0 bridgehead atoms. The van der Waals surface area contributed by atoms with E-state index < -0.39 is 0 Å². The molecule has 0 aliphatic carbocycles. The minimum absolute atomic E-state index is 0.0174. The van der Waals surface area contributed by atoms with Crippen molar-refractivity contribution in [2.75, 3.05) is 19.6 Å². The van der Waals surface area contributed by atoms with E-state index in [2.05, 4.69) is 22.1 Å². The smallest absolute Gasteiger partial charge is 0.335 e. The molecule has 0 saturated carbocycles. The van der Waals surface area contributed by atoms with Crippen molar-refractivity contribution in [2.24, 2.45) is 0 Å². The van der Waals surface area contributed by atoms with Gasteiger partial charge in [-0.1, -0.05) is 24.6 Å². The lowest BCUT2D eigenvalue weighted by atomic mass is 10.0. The van der Waals surface area contributed by atoms with Crippen LogP contribution in [0.1, 0.15) is 26.2 Å². The zero-order valence-electron chi connectivity index (χ0n) is 16.8. The largest absolute Gasteiger partial charge is 0.353 e. The molecule has 0 radical (unpaired) electrons. The highest BCUT2D eigenvalue weighted by Crippen LogP contribution is 2.16. The molecule has 1 amide bonds. The molecule has 3 heterocycles. The summed E-state index contributed by atoms with van der Waals surface area (Å²) in [6, 6.07) is 13.6. The van der Waals surface area contributed by atoms with Gasteiger partial charge in [-0.15, -0.1) is 0 Å². The van der Waals surface area contributed by atoms with Crippen molar-refractivity contribution in [1.29, 1.82) is 0 Å². The Hall–Kier alpha value is -2.93.